The van der Waals surface area contributed by atoms with Crippen LogP contribution in [0.2, 0.25) is 0 Å². The molecule has 0 aromatic heterocycles. The molecule has 0 saturated carbocycles. The summed E-state index contributed by atoms with van der Waals surface area (Å²) in [7, 11) is 0. The molecule has 0 aliphatic heterocycles. The highest BCUT2D eigenvalue weighted by Crippen LogP contribution is 2.34. The molecule has 1 aromatic rings. The fourth-order valence-corrected chi connectivity index (χ4v) is 1.47. The van der Waals surface area contributed by atoms with Crippen LogP contribution in [0.3, 0.4) is 0 Å². The fraction of sp³-hybridized carbons (Fsp3) is 0.462. The van der Waals surface area contributed by atoms with Gasteiger partial charge in [0.05, 0.1) is 25.4 Å². The number of hydrogen-bond acceptors (Lipinski definition) is 4. The summed E-state index contributed by atoms with van der Waals surface area (Å²) in [5, 5.41) is 0. The molecular weight excluding hydrogens is 220 g/mol. The SMILES string of the molecule is CCOc1cc(OCC)c(OCC)cc1C=O. The molecule has 17 heavy (non-hydrogen) atoms. The Hall–Kier alpha value is -1.71. The highest BCUT2D eigenvalue weighted by Gasteiger charge is 2.12. The van der Waals surface area contributed by atoms with Gasteiger partial charge in [-0.05, 0) is 26.8 Å². The summed E-state index contributed by atoms with van der Waals surface area (Å²) in [6.07, 6.45) is 0.753. The van der Waals surface area contributed by atoms with E-state index in [2.05, 4.69) is 0 Å². The van der Waals surface area contributed by atoms with E-state index in [1.807, 2.05) is 20.8 Å². The molecule has 0 unspecified atom stereocenters. The molecule has 0 aliphatic rings. The van der Waals surface area contributed by atoms with Gasteiger partial charge >= 0.3 is 0 Å². The maximum atomic E-state index is 11.0. The largest absolute Gasteiger partial charge is 0.493 e. The van der Waals surface area contributed by atoms with Gasteiger partial charge in [-0.2, -0.15) is 0 Å². The van der Waals surface area contributed by atoms with Crippen LogP contribution >= 0.6 is 0 Å². The maximum absolute atomic E-state index is 11.0. The van der Waals surface area contributed by atoms with Crippen LogP contribution in [0, 0.1) is 0 Å². The first-order valence-electron chi connectivity index (χ1n) is 5.78. The minimum absolute atomic E-state index is 0.471. The lowest BCUT2D eigenvalue weighted by atomic mass is 10.2. The zero-order valence-corrected chi connectivity index (χ0v) is 10.5. The van der Waals surface area contributed by atoms with Crippen LogP contribution in [0.5, 0.6) is 17.2 Å². The van der Waals surface area contributed by atoms with Gasteiger partial charge in [0.15, 0.2) is 17.8 Å². The Morgan fingerprint density at radius 1 is 0.882 bits per heavy atom. The van der Waals surface area contributed by atoms with Crippen molar-refractivity contribution in [3.8, 4) is 17.2 Å². The van der Waals surface area contributed by atoms with Crippen molar-refractivity contribution in [2.45, 2.75) is 20.8 Å². The second kappa shape index (κ2) is 6.78. The van der Waals surface area contributed by atoms with E-state index in [4.69, 9.17) is 14.2 Å². The van der Waals surface area contributed by atoms with Gasteiger partial charge in [-0.15, -0.1) is 0 Å². The molecule has 0 atom stereocenters. The molecule has 4 heteroatoms. The first-order valence-corrected chi connectivity index (χ1v) is 5.78. The summed E-state index contributed by atoms with van der Waals surface area (Å²) in [4.78, 5) is 11.0. The number of rotatable bonds is 7. The molecule has 0 fully saturated rings. The molecule has 0 saturated heterocycles. The van der Waals surface area contributed by atoms with Crippen molar-refractivity contribution < 1.29 is 19.0 Å². The zero-order chi connectivity index (χ0) is 12.7. The molecule has 94 valence electrons. The minimum atomic E-state index is 0.471. The van der Waals surface area contributed by atoms with Crippen LogP contribution in [-0.4, -0.2) is 26.1 Å². The van der Waals surface area contributed by atoms with Gasteiger partial charge in [-0.1, -0.05) is 0 Å². The lowest BCUT2D eigenvalue weighted by Gasteiger charge is -2.14. The van der Waals surface area contributed by atoms with Gasteiger partial charge in [0.1, 0.15) is 5.75 Å². The van der Waals surface area contributed by atoms with Crippen LogP contribution in [0.25, 0.3) is 0 Å². The smallest absolute Gasteiger partial charge is 0.164 e. The van der Waals surface area contributed by atoms with Crippen molar-refractivity contribution in [1.29, 1.82) is 0 Å². The highest BCUT2D eigenvalue weighted by molar-refractivity contribution is 5.81. The van der Waals surface area contributed by atoms with Crippen LogP contribution < -0.4 is 14.2 Å². The second-order valence-electron chi connectivity index (χ2n) is 3.25. The number of hydrogen-bond donors (Lipinski definition) is 0. The van der Waals surface area contributed by atoms with Crippen molar-refractivity contribution in [2.75, 3.05) is 19.8 Å². The van der Waals surface area contributed by atoms with Crippen molar-refractivity contribution in [1.82, 2.24) is 0 Å². The first-order chi connectivity index (χ1) is 8.26. The summed E-state index contributed by atoms with van der Waals surface area (Å²) >= 11 is 0. The molecular formula is C13H18O4. The Morgan fingerprint density at radius 3 is 1.82 bits per heavy atom. The van der Waals surface area contributed by atoms with Crippen molar-refractivity contribution in [2.24, 2.45) is 0 Å². The predicted octanol–water partition coefficient (Wildman–Crippen LogP) is 2.70. The second-order valence-corrected chi connectivity index (χ2v) is 3.25. The van der Waals surface area contributed by atoms with Gasteiger partial charge in [-0.25, -0.2) is 0 Å². The predicted molar refractivity (Wildman–Crippen MR) is 65.3 cm³/mol. The normalized spacial score (nSPS) is 9.82. The summed E-state index contributed by atoms with van der Waals surface area (Å²) in [5.41, 5.74) is 0.471. The van der Waals surface area contributed by atoms with E-state index >= 15 is 0 Å². The third kappa shape index (κ3) is 3.37. The lowest BCUT2D eigenvalue weighted by Crippen LogP contribution is -2.02. The van der Waals surface area contributed by atoms with Crippen LogP contribution in [-0.2, 0) is 0 Å². The molecule has 0 heterocycles. The van der Waals surface area contributed by atoms with E-state index < -0.39 is 0 Å². The van der Waals surface area contributed by atoms with Crippen molar-refractivity contribution in [3.63, 3.8) is 0 Å². The molecule has 1 aromatic carbocycles. The molecule has 0 radical (unpaired) electrons. The first kappa shape index (κ1) is 13.4. The van der Waals surface area contributed by atoms with Crippen molar-refractivity contribution in [3.05, 3.63) is 17.7 Å². The van der Waals surface area contributed by atoms with E-state index in [0.717, 1.165) is 6.29 Å². The van der Waals surface area contributed by atoms with Crippen molar-refractivity contribution >= 4 is 6.29 Å². The van der Waals surface area contributed by atoms with Gasteiger partial charge in [-0.3, -0.25) is 4.79 Å². The minimum Gasteiger partial charge on any atom is -0.493 e. The van der Waals surface area contributed by atoms with E-state index in [0.29, 0.717) is 42.6 Å². The Labute approximate surface area is 101 Å². The maximum Gasteiger partial charge on any atom is 0.164 e. The Bertz CT molecular complexity index is 374. The molecule has 1 rings (SSSR count). The van der Waals surface area contributed by atoms with Gasteiger partial charge < -0.3 is 14.2 Å². The third-order valence-electron chi connectivity index (χ3n) is 2.10. The number of carbonyl (C=O) groups excluding carboxylic acids is 1. The van der Waals surface area contributed by atoms with E-state index in [1.54, 1.807) is 12.1 Å². The third-order valence-corrected chi connectivity index (χ3v) is 2.10. The van der Waals surface area contributed by atoms with E-state index in [9.17, 15) is 4.79 Å². The highest BCUT2D eigenvalue weighted by atomic mass is 16.5. The standard InChI is InChI=1S/C13H18O4/c1-4-15-11-8-13(17-6-3)12(16-5-2)7-10(11)9-14/h7-9H,4-6H2,1-3H3. The van der Waals surface area contributed by atoms with Crippen LogP contribution in [0.15, 0.2) is 12.1 Å². The number of aldehydes is 1. The molecule has 0 aliphatic carbocycles. The Kier molecular flexibility index (Phi) is 5.33. The molecule has 4 nitrogen and oxygen atoms in total. The average molecular weight is 238 g/mol. The molecule has 0 N–H and O–H groups in total. The summed E-state index contributed by atoms with van der Waals surface area (Å²) in [5.74, 6) is 1.69. The van der Waals surface area contributed by atoms with Gasteiger partial charge in [0.2, 0.25) is 0 Å². The Morgan fingerprint density at radius 2 is 1.35 bits per heavy atom. The number of benzene rings is 1. The monoisotopic (exact) mass is 238 g/mol. The zero-order valence-electron chi connectivity index (χ0n) is 10.5. The number of carbonyl (C=O) groups is 1. The quantitative estimate of drug-likeness (QED) is 0.685. The van der Waals surface area contributed by atoms with E-state index in [1.165, 1.54) is 0 Å². The van der Waals surface area contributed by atoms with Gasteiger partial charge in [0.25, 0.3) is 0 Å². The molecule has 0 amide bonds. The summed E-state index contributed by atoms with van der Waals surface area (Å²) < 4.78 is 16.3. The van der Waals surface area contributed by atoms with Crippen LogP contribution in [0.1, 0.15) is 31.1 Å². The summed E-state index contributed by atoms with van der Waals surface area (Å²) in [6, 6.07) is 3.34. The molecule has 0 spiro atoms. The fourth-order valence-electron chi connectivity index (χ4n) is 1.47. The average Bonchev–Trinajstić information content (AvgIpc) is 2.33. The van der Waals surface area contributed by atoms with Crippen LogP contribution in [0.4, 0.5) is 0 Å². The Balaban J connectivity index is 3.15. The van der Waals surface area contributed by atoms with Gasteiger partial charge in [0, 0.05) is 6.07 Å². The van der Waals surface area contributed by atoms with E-state index in [-0.39, 0.29) is 0 Å². The topological polar surface area (TPSA) is 44.8 Å². The lowest BCUT2D eigenvalue weighted by molar-refractivity contribution is 0.111. The summed E-state index contributed by atoms with van der Waals surface area (Å²) in [6.45, 7) is 7.20. The molecule has 0 bridgehead atoms. The number of ether oxygens (including phenoxy) is 3.